The van der Waals surface area contributed by atoms with Gasteiger partial charge in [-0.15, -0.1) is 0 Å². The largest absolute Gasteiger partial charge is 0.494 e. The van der Waals surface area contributed by atoms with Crippen molar-refractivity contribution >= 4 is 17.5 Å². The van der Waals surface area contributed by atoms with E-state index < -0.39 is 0 Å². The van der Waals surface area contributed by atoms with E-state index in [-0.39, 0.29) is 23.6 Å². The molecule has 0 bridgehead atoms. The maximum absolute atomic E-state index is 12.9. The molecule has 0 saturated carbocycles. The minimum Gasteiger partial charge on any atom is -0.494 e. The number of fused-ring (bicyclic) bond motifs is 2. The molecule has 0 radical (unpaired) electrons. The molecule has 8 heteroatoms. The summed E-state index contributed by atoms with van der Waals surface area (Å²) in [5.74, 6) is -0.182. The zero-order chi connectivity index (χ0) is 26.0. The third-order valence-electron chi connectivity index (χ3n) is 6.24. The molecule has 0 fully saturated rings. The summed E-state index contributed by atoms with van der Waals surface area (Å²) in [5.41, 5.74) is 11.0. The second-order valence-corrected chi connectivity index (χ2v) is 8.76. The van der Waals surface area contributed by atoms with E-state index in [0.717, 1.165) is 6.42 Å². The number of ether oxygens (including phenoxy) is 2. The number of carbonyl (C=O) groups excluding carboxylic acids is 3. The topological polar surface area (TPSA) is 118 Å². The molecule has 8 nitrogen and oxygen atoms in total. The lowest BCUT2D eigenvalue weighted by molar-refractivity contribution is 0.0497. The van der Waals surface area contributed by atoms with Gasteiger partial charge in [-0.25, -0.2) is 4.79 Å². The zero-order valence-electron chi connectivity index (χ0n) is 20.3. The average molecular weight is 498 g/mol. The van der Waals surface area contributed by atoms with Gasteiger partial charge in [0.1, 0.15) is 5.75 Å². The van der Waals surface area contributed by atoms with Crippen molar-refractivity contribution in [3.8, 4) is 5.75 Å². The molecule has 0 aliphatic heterocycles. The van der Waals surface area contributed by atoms with Crippen LogP contribution in [0.3, 0.4) is 0 Å². The van der Waals surface area contributed by atoms with Gasteiger partial charge in [0.05, 0.1) is 18.8 Å². The Labute approximate surface area is 214 Å². The van der Waals surface area contributed by atoms with Crippen molar-refractivity contribution < 1.29 is 23.9 Å². The number of benzene rings is 3. The number of hydrogen-bond donors (Lipinski definition) is 0. The van der Waals surface area contributed by atoms with Crippen LogP contribution < -0.4 is 4.74 Å². The molecular formula is C29H27N3O5. The molecule has 1 unspecified atom stereocenters. The number of hydrogen-bond acceptors (Lipinski definition) is 6. The van der Waals surface area contributed by atoms with Gasteiger partial charge in [-0.1, -0.05) is 47.6 Å². The van der Waals surface area contributed by atoms with E-state index in [2.05, 4.69) is 10.0 Å². The van der Waals surface area contributed by atoms with E-state index in [1.165, 1.54) is 0 Å². The summed E-state index contributed by atoms with van der Waals surface area (Å²) in [6.07, 6.45) is 3.41. The second kappa shape index (κ2) is 12.5. The fourth-order valence-electron chi connectivity index (χ4n) is 4.31. The molecule has 37 heavy (non-hydrogen) atoms. The Hall–Kier alpha value is -4.42. The van der Waals surface area contributed by atoms with Gasteiger partial charge in [-0.2, -0.15) is 0 Å². The number of esters is 1. The minimum absolute atomic E-state index is 0.163. The molecular weight excluding hydrogens is 470 g/mol. The van der Waals surface area contributed by atoms with Gasteiger partial charge in [0.25, 0.3) is 0 Å². The zero-order valence-corrected chi connectivity index (χ0v) is 20.3. The number of carbonyl (C=O) groups is 3. The molecule has 1 atom stereocenters. The van der Waals surface area contributed by atoms with Crippen LogP contribution in [-0.2, 0) is 4.74 Å². The summed E-state index contributed by atoms with van der Waals surface area (Å²) in [7, 11) is 0. The standard InChI is InChI=1S/C29H27N3O5/c30-32-31-21(11-6-7-17-37-29(35)20-9-2-1-3-10-20)12-8-18-36-22-15-16-25-26(19-22)28(34)24-14-5-4-13-23(24)27(25)33/h1-5,9-10,13-16,19,21H,6-8,11-12,17-18H2. The SMILES string of the molecule is [N-]=[N+]=NC(CCCCOC(=O)c1ccccc1)CCCOc1ccc2c(c1)C(=O)c1ccccc1C2=O. The molecule has 0 saturated heterocycles. The molecule has 3 aromatic rings. The second-order valence-electron chi connectivity index (χ2n) is 8.76. The first-order valence-electron chi connectivity index (χ1n) is 12.3. The summed E-state index contributed by atoms with van der Waals surface area (Å²) in [4.78, 5) is 40.5. The quantitative estimate of drug-likeness (QED) is 0.0745. The van der Waals surface area contributed by atoms with Crippen LogP contribution in [0, 0.1) is 0 Å². The van der Waals surface area contributed by atoms with Gasteiger partial charge in [0.2, 0.25) is 0 Å². The van der Waals surface area contributed by atoms with Crippen molar-refractivity contribution in [2.45, 2.75) is 38.1 Å². The maximum atomic E-state index is 12.9. The monoisotopic (exact) mass is 497 g/mol. The Balaban J connectivity index is 1.20. The van der Waals surface area contributed by atoms with E-state index in [0.29, 0.717) is 72.5 Å². The fraction of sp³-hybridized carbons (Fsp3) is 0.276. The van der Waals surface area contributed by atoms with Gasteiger partial charge < -0.3 is 9.47 Å². The van der Waals surface area contributed by atoms with Crippen molar-refractivity contribution in [1.29, 1.82) is 0 Å². The highest BCUT2D eigenvalue weighted by Crippen LogP contribution is 2.30. The Bertz CT molecular complexity index is 1330. The van der Waals surface area contributed by atoms with Crippen molar-refractivity contribution in [3.63, 3.8) is 0 Å². The first-order chi connectivity index (χ1) is 18.1. The van der Waals surface area contributed by atoms with Crippen LogP contribution in [-0.4, -0.2) is 36.8 Å². The van der Waals surface area contributed by atoms with Crippen LogP contribution in [0.4, 0.5) is 0 Å². The van der Waals surface area contributed by atoms with E-state index in [9.17, 15) is 14.4 Å². The average Bonchev–Trinajstić information content (AvgIpc) is 2.94. The first-order valence-corrected chi connectivity index (χ1v) is 12.3. The Kier molecular flexibility index (Phi) is 8.68. The first kappa shape index (κ1) is 25.7. The number of azide groups is 1. The summed E-state index contributed by atoms with van der Waals surface area (Å²) < 4.78 is 11.1. The van der Waals surface area contributed by atoms with Crippen LogP contribution in [0.2, 0.25) is 0 Å². The summed E-state index contributed by atoms with van der Waals surface area (Å²) in [6, 6.07) is 20.4. The van der Waals surface area contributed by atoms with Crippen molar-refractivity contribution in [2.24, 2.45) is 5.11 Å². The van der Waals surface area contributed by atoms with E-state index in [4.69, 9.17) is 15.0 Å². The van der Waals surface area contributed by atoms with Gasteiger partial charge in [-0.05, 0) is 68.0 Å². The molecule has 0 N–H and O–H groups in total. The Morgan fingerprint density at radius 1 is 0.784 bits per heavy atom. The van der Waals surface area contributed by atoms with Crippen molar-refractivity contribution in [1.82, 2.24) is 0 Å². The van der Waals surface area contributed by atoms with E-state index in [1.54, 1.807) is 66.7 Å². The lowest BCUT2D eigenvalue weighted by Crippen LogP contribution is -2.20. The smallest absolute Gasteiger partial charge is 0.338 e. The predicted molar refractivity (Wildman–Crippen MR) is 138 cm³/mol. The van der Waals surface area contributed by atoms with Crippen LogP contribution in [0.1, 0.15) is 74.3 Å². The van der Waals surface area contributed by atoms with Crippen LogP contribution in [0.25, 0.3) is 10.4 Å². The summed E-state index contributed by atoms with van der Waals surface area (Å²) in [5, 5.41) is 3.88. The van der Waals surface area contributed by atoms with Crippen LogP contribution in [0.15, 0.2) is 77.9 Å². The molecule has 0 spiro atoms. The van der Waals surface area contributed by atoms with Gasteiger partial charge in [0.15, 0.2) is 11.6 Å². The number of ketones is 2. The molecule has 0 amide bonds. The van der Waals surface area contributed by atoms with Gasteiger partial charge >= 0.3 is 5.97 Å². The normalized spacial score (nSPS) is 12.6. The highest BCUT2D eigenvalue weighted by Gasteiger charge is 2.29. The summed E-state index contributed by atoms with van der Waals surface area (Å²) >= 11 is 0. The number of nitrogens with zero attached hydrogens (tertiary/aromatic N) is 3. The number of unbranched alkanes of at least 4 members (excludes halogenated alkanes) is 1. The number of rotatable bonds is 12. The molecule has 1 aliphatic rings. The lowest BCUT2D eigenvalue weighted by atomic mass is 9.84. The third kappa shape index (κ3) is 6.42. The highest BCUT2D eigenvalue weighted by molar-refractivity contribution is 6.28. The molecule has 3 aromatic carbocycles. The molecule has 188 valence electrons. The summed E-state index contributed by atoms with van der Waals surface area (Å²) in [6.45, 7) is 0.688. The molecule has 1 aliphatic carbocycles. The van der Waals surface area contributed by atoms with Gasteiger partial charge in [-0.3, -0.25) is 9.59 Å². The van der Waals surface area contributed by atoms with Crippen LogP contribution >= 0.6 is 0 Å². The minimum atomic E-state index is -0.346. The maximum Gasteiger partial charge on any atom is 0.338 e. The molecule has 4 rings (SSSR count). The van der Waals surface area contributed by atoms with E-state index in [1.807, 2.05) is 6.07 Å². The molecule has 0 aromatic heterocycles. The third-order valence-corrected chi connectivity index (χ3v) is 6.24. The molecule has 0 heterocycles. The van der Waals surface area contributed by atoms with Crippen molar-refractivity contribution in [3.05, 3.63) is 111 Å². The predicted octanol–water partition coefficient (Wildman–Crippen LogP) is 6.33. The highest BCUT2D eigenvalue weighted by atomic mass is 16.5. The van der Waals surface area contributed by atoms with Gasteiger partial charge in [0, 0.05) is 33.2 Å². The fourth-order valence-corrected chi connectivity index (χ4v) is 4.31. The van der Waals surface area contributed by atoms with Crippen LogP contribution in [0.5, 0.6) is 5.75 Å². The lowest BCUT2D eigenvalue weighted by Gasteiger charge is -2.18. The van der Waals surface area contributed by atoms with E-state index >= 15 is 0 Å². The Morgan fingerprint density at radius 2 is 1.43 bits per heavy atom. The van der Waals surface area contributed by atoms with Crippen molar-refractivity contribution in [2.75, 3.05) is 13.2 Å². The Morgan fingerprint density at radius 3 is 2.16 bits per heavy atom.